The van der Waals surface area contributed by atoms with E-state index in [2.05, 4.69) is 48.5 Å². The Bertz CT molecular complexity index is 936. The summed E-state index contributed by atoms with van der Waals surface area (Å²) >= 11 is 1.89. The zero-order valence-corrected chi connectivity index (χ0v) is 15.4. The van der Waals surface area contributed by atoms with Gasteiger partial charge in [-0.05, 0) is 31.5 Å². The molecule has 0 aliphatic carbocycles. The molecule has 0 radical (unpaired) electrons. The maximum atomic E-state index is 4.65. The van der Waals surface area contributed by atoms with E-state index in [0.29, 0.717) is 6.04 Å². The number of aromatic nitrogens is 4. The Balaban J connectivity index is 1.44. The van der Waals surface area contributed by atoms with Gasteiger partial charge in [-0.2, -0.15) is 0 Å². The molecular formula is C19H22N6S. The number of aromatic amines is 2. The van der Waals surface area contributed by atoms with Gasteiger partial charge >= 0.3 is 0 Å². The highest BCUT2D eigenvalue weighted by Gasteiger charge is 2.21. The molecule has 1 fully saturated rings. The van der Waals surface area contributed by atoms with Gasteiger partial charge in [0, 0.05) is 41.2 Å². The van der Waals surface area contributed by atoms with E-state index >= 15 is 0 Å². The molecule has 26 heavy (non-hydrogen) atoms. The maximum absolute atomic E-state index is 4.65. The summed E-state index contributed by atoms with van der Waals surface area (Å²) in [6.45, 7) is 2.07. The Morgan fingerprint density at radius 1 is 1.19 bits per heavy atom. The number of nitrogens with zero attached hydrogens (tertiary/aromatic N) is 3. The summed E-state index contributed by atoms with van der Waals surface area (Å²) in [5.41, 5.74) is 3.24. The standard InChI is InChI=1S/C19H22N6S/c1-2-6-20-14(3-1)19-23-11-15(24-19)17-12-25(9-10-26-17)16-5-8-22-18-13(16)4-7-21-18/h4-5,7-8,11-12,14,20H,1-3,6,9-10H2,(H,21,22)(H,23,24). The molecule has 1 atom stereocenters. The number of pyridine rings is 1. The lowest BCUT2D eigenvalue weighted by atomic mass is 10.0. The van der Waals surface area contributed by atoms with Gasteiger partial charge in [-0.3, -0.25) is 0 Å². The Morgan fingerprint density at radius 3 is 3.12 bits per heavy atom. The molecule has 7 heteroatoms. The van der Waals surface area contributed by atoms with Crippen molar-refractivity contribution in [1.82, 2.24) is 25.3 Å². The number of fused-ring (bicyclic) bond motifs is 1. The van der Waals surface area contributed by atoms with Gasteiger partial charge in [0.25, 0.3) is 0 Å². The van der Waals surface area contributed by atoms with Crippen LogP contribution in [0.1, 0.15) is 36.8 Å². The Morgan fingerprint density at radius 2 is 2.19 bits per heavy atom. The maximum Gasteiger partial charge on any atom is 0.139 e. The van der Waals surface area contributed by atoms with Crippen LogP contribution in [-0.2, 0) is 0 Å². The third kappa shape index (κ3) is 2.91. The monoisotopic (exact) mass is 366 g/mol. The van der Waals surface area contributed by atoms with Crippen molar-refractivity contribution in [3.63, 3.8) is 0 Å². The molecule has 3 aromatic rings. The lowest BCUT2D eigenvalue weighted by molar-refractivity contribution is 0.399. The molecule has 0 aromatic carbocycles. The number of piperidine rings is 1. The number of H-pyrrole nitrogens is 2. The Hall–Kier alpha value is -2.25. The van der Waals surface area contributed by atoms with Crippen LogP contribution in [-0.4, -0.2) is 38.8 Å². The minimum atomic E-state index is 0.363. The molecule has 2 aliphatic heterocycles. The number of nitrogens with one attached hydrogen (secondary N) is 3. The van der Waals surface area contributed by atoms with Gasteiger partial charge in [0.05, 0.1) is 23.6 Å². The van der Waals surface area contributed by atoms with Crippen LogP contribution in [0.25, 0.3) is 15.9 Å². The van der Waals surface area contributed by atoms with Crippen molar-refractivity contribution in [3.8, 4) is 0 Å². The summed E-state index contributed by atoms with van der Waals surface area (Å²) in [5, 5.41) is 4.72. The zero-order valence-electron chi connectivity index (χ0n) is 14.5. The Kier molecular flexibility index (Phi) is 4.18. The van der Waals surface area contributed by atoms with Crippen LogP contribution in [0.3, 0.4) is 0 Å². The van der Waals surface area contributed by atoms with E-state index in [1.807, 2.05) is 30.4 Å². The number of anilines is 1. The normalized spacial score (nSPS) is 21.2. The van der Waals surface area contributed by atoms with Crippen molar-refractivity contribution in [2.75, 3.05) is 23.7 Å². The molecule has 1 saturated heterocycles. The van der Waals surface area contributed by atoms with E-state index in [9.17, 15) is 0 Å². The van der Waals surface area contributed by atoms with Gasteiger partial charge in [0.1, 0.15) is 11.5 Å². The number of hydrogen-bond acceptors (Lipinski definition) is 5. The van der Waals surface area contributed by atoms with Crippen molar-refractivity contribution < 1.29 is 0 Å². The molecule has 0 amide bonds. The van der Waals surface area contributed by atoms with Gasteiger partial charge < -0.3 is 20.2 Å². The van der Waals surface area contributed by atoms with Crippen LogP contribution in [0.15, 0.2) is 36.9 Å². The highest BCUT2D eigenvalue weighted by Crippen LogP contribution is 2.35. The predicted molar refractivity (Wildman–Crippen MR) is 107 cm³/mol. The molecule has 6 nitrogen and oxygen atoms in total. The van der Waals surface area contributed by atoms with Crippen LogP contribution in [0, 0.1) is 0 Å². The molecule has 134 valence electrons. The van der Waals surface area contributed by atoms with Gasteiger partial charge in [-0.25, -0.2) is 9.97 Å². The first kappa shape index (κ1) is 16.0. The molecule has 3 N–H and O–H groups in total. The second-order valence-corrected chi connectivity index (χ2v) is 7.93. The first-order valence-electron chi connectivity index (χ1n) is 9.20. The molecule has 3 aromatic heterocycles. The summed E-state index contributed by atoms with van der Waals surface area (Å²) in [5.74, 6) is 2.12. The fraction of sp³-hybridized carbons (Fsp3) is 0.368. The molecule has 5 rings (SSSR count). The Labute approximate surface area is 156 Å². The lowest BCUT2D eigenvalue weighted by Crippen LogP contribution is -2.27. The largest absolute Gasteiger partial charge is 0.346 e. The third-order valence-corrected chi connectivity index (χ3v) is 6.13. The van der Waals surface area contributed by atoms with Crippen LogP contribution in [0.4, 0.5) is 5.69 Å². The third-order valence-electron chi connectivity index (χ3n) is 5.11. The summed E-state index contributed by atoms with van der Waals surface area (Å²) in [6.07, 6.45) is 11.7. The smallest absolute Gasteiger partial charge is 0.139 e. The summed E-state index contributed by atoms with van der Waals surface area (Å²) in [7, 11) is 0. The summed E-state index contributed by atoms with van der Waals surface area (Å²) in [4.78, 5) is 19.4. The van der Waals surface area contributed by atoms with Crippen molar-refractivity contribution in [2.24, 2.45) is 0 Å². The highest BCUT2D eigenvalue weighted by molar-refractivity contribution is 8.08. The minimum absolute atomic E-state index is 0.363. The van der Waals surface area contributed by atoms with Gasteiger partial charge in [-0.1, -0.05) is 6.42 Å². The first-order chi connectivity index (χ1) is 12.9. The number of hydrogen-bond donors (Lipinski definition) is 3. The van der Waals surface area contributed by atoms with Gasteiger partial charge in [-0.15, -0.1) is 11.8 Å². The number of thioether (sulfide) groups is 1. The molecular weight excluding hydrogens is 344 g/mol. The second-order valence-electron chi connectivity index (χ2n) is 6.79. The van der Waals surface area contributed by atoms with Gasteiger partial charge in [0.15, 0.2) is 0 Å². The van der Waals surface area contributed by atoms with Crippen LogP contribution in [0.2, 0.25) is 0 Å². The zero-order chi connectivity index (χ0) is 17.3. The predicted octanol–water partition coefficient (Wildman–Crippen LogP) is 3.65. The van der Waals surface area contributed by atoms with Crippen LogP contribution in [0.5, 0.6) is 0 Å². The number of rotatable bonds is 3. The van der Waals surface area contributed by atoms with E-state index in [1.165, 1.54) is 23.4 Å². The molecule has 1 unspecified atom stereocenters. The number of imidazole rings is 1. The van der Waals surface area contributed by atoms with E-state index in [1.54, 1.807) is 0 Å². The molecule has 5 heterocycles. The second kappa shape index (κ2) is 6.81. The fourth-order valence-corrected chi connectivity index (χ4v) is 4.72. The van der Waals surface area contributed by atoms with Crippen molar-refractivity contribution >= 4 is 33.4 Å². The van der Waals surface area contributed by atoms with Crippen molar-refractivity contribution in [3.05, 3.63) is 48.4 Å². The quantitative estimate of drug-likeness (QED) is 0.660. The van der Waals surface area contributed by atoms with E-state index < -0.39 is 0 Å². The molecule has 0 bridgehead atoms. The summed E-state index contributed by atoms with van der Waals surface area (Å²) in [6, 6.07) is 4.54. The highest BCUT2D eigenvalue weighted by atomic mass is 32.2. The van der Waals surface area contributed by atoms with E-state index in [4.69, 9.17) is 0 Å². The van der Waals surface area contributed by atoms with Crippen molar-refractivity contribution in [1.29, 1.82) is 0 Å². The molecule has 0 saturated carbocycles. The SMILES string of the molecule is C1=C(c2cnc(C3CCCCN3)[nH]2)SCCN1c1ccnc2[nH]ccc12. The van der Waals surface area contributed by atoms with E-state index in [-0.39, 0.29) is 0 Å². The molecule has 2 aliphatic rings. The average Bonchev–Trinajstić information content (AvgIpc) is 3.38. The first-order valence-corrected chi connectivity index (χ1v) is 10.2. The van der Waals surface area contributed by atoms with Crippen molar-refractivity contribution in [2.45, 2.75) is 25.3 Å². The fourth-order valence-electron chi connectivity index (χ4n) is 3.76. The minimum Gasteiger partial charge on any atom is -0.346 e. The summed E-state index contributed by atoms with van der Waals surface area (Å²) < 4.78 is 0. The lowest BCUT2D eigenvalue weighted by Gasteiger charge is -2.26. The topological polar surface area (TPSA) is 72.6 Å². The molecule has 0 spiro atoms. The average molecular weight is 366 g/mol. The van der Waals surface area contributed by atoms with Crippen LogP contribution < -0.4 is 10.2 Å². The van der Waals surface area contributed by atoms with Crippen LogP contribution >= 0.6 is 11.8 Å². The van der Waals surface area contributed by atoms with E-state index in [0.717, 1.165) is 47.8 Å². The van der Waals surface area contributed by atoms with Gasteiger partial charge in [0.2, 0.25) is 0 Å².